The van der Waals surface area contributed by atoms with Gasteiger partial charge in [-0.2, -0.15) is 0 Å². The number of benzene rings is 2. The van der Waals surface area contributed by atoms with Crippen LogP contribution in [-0.2, 0) is 9.47 Å². The summed E-state index contributed by atoms with van der Waals surface area (Å²) in [6, 6.07) is 11.5. The molecule has 1 saturated heterocycles. The smallest absolute Gasteiger partial charge is 0.338 e. The lowest BCUT2D eigenvalue weighted by atomic mass is 10.1. The molecule has 0 unspecified atom stereocenters. The molecule has 1 atom stereocenters. The average Bonchev–Trinajstić information content (AvgIpc) is 3.29. The van der Waals surface area contributed by atoms with Gasteiger partial charge in [0.15, 0.2) is 6.61 Å². The highest BCUT2D eigenvalue weighted by molar-refractivity contribution is 6.01. The monoisotopic (exact) mass is 400 g/mol. The Hall–Kier alpha value is -3.06. The molecular formula is C22H24O7. The first-order chi connectivity index (χ1) is 14.1. The molecule has 29 heavy (non-hydrogen) atoms. The second-order valence-corrected chi connectivity index (χ2v) is 6.54. The molecule has 0 amide bonds. The van der Waals surface area contributed by atoms with Gasteiger partial charge in [0.2, 0.25) is 5.78 Å². The van der Waals surface area contributed by atoms with Gasteiger partial charge in [0, 0.05) is 6.61 Å². The number of carbonyl (C=O) groups is 2. The lowest BCUT2D eigenvalue weighted by molar-refractivity contribution is 0.0473. The number of methoxy groups -OCH3 is 2. The Labute approximate surface area is 169 Å². The van der Waals surface area contributed by atoms with Crippen LogP contribution in [0, 0.1) is 0 Å². The van der Waals surface area contributed by atoms with Crippen LogP contribution < -0.4 is 14.2 Å². The first-order valence-electron chi connectivity index (χ1n) is 9.37. The Balaban J connectivity index is 1.54. The maximum absolute atomic E-state index is 12.4. The molecule has 2 aromatic rings. The zero-order valence-corrected chi connectivity index (χ0v) is 16.5. The van der Waals surface area contributed by atoms with E-state index in [0.29, 0.717) is 29.4 Å². The molecule has 0 N–H and O–H groups in total. The number of hydrogen-bond donors (Lipinski definition) is 0. The van der Waals surface area contributed by atoms with Gasteiger partial charge in [-0.1, -0.05) is 0 Å². The number of ether oxygens (including phenoxy) is 5. The molecule has 2 aromatic carbocycles. The topological polar surface area (TPSA) is 80.3 Å². The fourth-order valence-electron chi connectivity index (χ4n) is 2.98. The predicted molar refractivity (Wildman–Crippen MR) is 105 cm³/mol. The molecule has 0 saturated carbocycles. The van der Waals surface area contributed by atoms with Crippen molar-refractivity contribution in [2.45, 2.75) is 18.9 Å². The van der Waals surface area contributed by atoms with Crippen molar-refractivity contribution in [3.8, 4) is 17.2 Å². The van der Waals surface area contributed by atoms with Gasteiger partial charge in [-0.3, -0.25) is 4.79 Å². The van der Waals surface area contributed by atoms with Crippen molar-refractivity contribution in [2.75, 3.05) is 34.0 Å². The largest absolute Gasteiger partial charge is 0.497 e. The third kappa shape index (κ3) is 5.48. The van der Waals surface area contributed by atoms with E-state index in [1.165, 1.54) is 14.2 Å². The van der Waals surface area contributed by atoms with Crippen LogP contribution in [0.1, 0.15) is 33.6 Å². The molecule has 7 nitrogen and oxygen atoms in total. The molecule has 0 aliphatic carbocycles. The maximum Gasteiger partial charge on any atom is 0.338 e. The predicted octanol–water partition coefficient (Wildman–Crippen LogP) is 3.30. The Morgan fingerprint density at radius 2 is 1.79 bits per heavy atom. The summed E-state index contributed by atoms with van der Waals surface area (Å²) >= 11 is 0. The summed E-state index contributed by atoms with van der Waals surface area (Å²) in [7, 11) is 2.97. The van der Waals surface area contributed by atoms with E-state index in [9.17, 15) is 9.59 Å². The summed E-state index contributed by atoms with van der Waals surface area (Å²) in [5, 5.41) is 0. The first-order valence-corrected chi connectivity index (χ1v) is 9.37. The number of Topliss-reactive ketones (excluding diaryl/α,β-unsaturated/α-hetero) is 1. The van der Waals surface area contributed by atoms with Crippen LogP contribution in [0.3, 0.4) is 0 Å². The van der Waals surface area contributed by atoms with E-state index < -0.39 is 12.6 Å². The Kier molecular flexibility index (Phi) is 7.08. The Bertz CT molecular complexity index is 839. The number of rotatable bonds is 9. The minimum absolute atomic E-state index is 0.124. The summed E-state index contributed by atoms with van der Waals surface area (Å²) in [4.78, 5) is 24.7. The van der Waals surface area contributed by atoms with Crippen LogP contribution >= 0.6 is 0 Å². The molecule has 0 aromatic heterocycles. The summed E-state index contributed by atoms with van der Waals surface area (Å²) in [6.07, 6.45) is 2.18. The van der Waals surface area contributed by atoms with Crippen molar-refractivity contribution in [1.82, 2.24) is 0 Å². The molecule has 1 aliphatic rings. The number of hydrogen-bond acceptors (Lipinski definition) is 7. The second kappa shape index (κ2) is 9.93. The van der Waals surface area contributed by atoms with Crippen LogP contribution in [0.5, 0.6) is 17.2 Å². The first kappa shape index (κ1) is 20.7. The standard InChI is InChI=1S/C22H24O7/c1-25-17-9-10-21(26-2)19(12-17)20(23)14-29-22(24)15-5-7-16(8-6-15)28-13-18-4-3-11-27-18/h5-10,12,18H,3-4,11,13-14H2,1-2H3/t18-/m0/s1. The van der Waals surface area contributed by atoms with E-state index in [1.807, 2.05) is 0 Å². The van der Waals surface area contributed by atoms with Crippen molar-refractivity contribution in [1.29, 1.82) is 0 Å². The van der Waals surface area contributed by atoms with Crippen molar-refractivity contribution >= 4 is 11.8 Å². The van der Waals surface area contributed by atoms with Gasteiger partial charge in [-0.25, -0.2) is 4.79 Å². The summed E-state index contributed by atoms with van der Waals surface area (Å²) < 4.78 is 26.7. The van der Waals surface area contributed by atoms with Gasteiger partial charge in [-0.05, 0) is 55.3 Å². The molecule has 154 valence electrons. The fraction of sp³-hybridized carbons (Fsp3) is 0.364. The van der Waals surface area contributed by atoms with Crippen molar-refractivity contribution in [2.24, 2.45) is 0 Å². The van der Waals surface area contributed by atoms with Crippen molar-refractivity contribution in [3.63, 3.8) is 0 Å². The molecule has 3 rings (SSSR count). The van der Waals surface area contributed by atoms with Gasteiger partial charge < -0.3 is 23.7 Å². The van der Waals surface area contributed by atoms with Gasteiger partial charge in [0.25, 0.3) is 0 Å². The lowest BCUT2D eigenvalue weighted by Crippen LogP contribution is -2.16. The minimum Gasteiger partial charge on any atom is -0.497 e. The molecule has 0 spiro atoms. The summed E-state index contributed by atoms with van der Waals surface area (Å²) in [5.41, 5.74) is 0.623. The highest BCUT2D eigenvalue weighted by Crippen LogP contribution is 2.24. The van der Waals surface area contributed by atoms with Crippen LogP contribution in [0.25, 0.3) is 0 Å². The van der Waals surface area contributed by atoms with Gasteiger partial charge in [0.1, 0.15) is 23.9 Å². The van der Waals surface area contributed by atoms with Crippen LogP contribution in [-0.4, -0.2) is 51.9 Å². The molecule has 0 bridgehead atoms. The highest BCUT2D eigenvalue weighted by Gasteiger charge is 2.18. The third-order valence-corrected chi connectivity index (χ3v) is 4.59. The van der Waals surface area contributed by atoms with Crippen LogP contribution in [0.2, 0.25) is 0 Å². The quantitative estimate of drug-likeness (QED) is 0.472. The van der Waals surface area contributed by atoms with Crippen LogP contribution in [0.15, 0.2) is 42.5 Å². The fourth-order valence-corrected chi connectivity index (χ4v) is 2.98. The third-order valence-electron chi connectivity index (χ3n) is 4.59. The van der Waals surface area contributed by atoms with E-state index >= 15 is 0 Å². The molecule has 0 radical (unpaired) electrons. The van der Waals surface area contributed by atoms with E-state index in [0.717, 1.165) is 19.4 Å². The SMILES string of the molecule is COc1ccc(OC)c(C(=O)COC(=O)c2ccc(OC[C@@H]3CCCO3)cc2)c1. The Morgan fingerprint density at radius 3 is 2.45 bits per heavy atom. The average molecular weight is 400 g/mol. The normalized spacial score (nSPS) is 15.6. The minimum atomic E-state index is -0.592. The van der Waals surface area contributed by atoms with E-state index in [1.54, 1.807) is 42.5 Å². The van der Waals surface area contributed by atoms with E-state index in [4.69, 9.17) is 23.7 Å². The zero-order valence-electron chi connectivity index (χ0n) is 16.5. The van der Waals surface area contributed by atoms with Crippen LogP contribution in [0.4, 0.5) is 0 Å². The second-order valence-electron chi connectivity index (χ2n) is 6.54. The van der Waals surface area contributed by atoms with Crippen molar-refractivity contribution < 1.29 is 33.3 Å². The van der Waals surface area contributed by atoms with Crippen molar-refractivity contribution in [3.05, 3.63) is 53.6 Å². The molecule has 1 aliphatic heterocycles. The summed E-state index contributed by atoms with van der Waals surface area (Å²) in [6.45, 7) is 0.861. The molecule has 1 heterocycles. The molecular weight excluding hydrogens is 376 g/mol. The van der Waals surface area contributed by atoms with Gasteiger partial charge in [-0.15, -0.1) is 0 Å². The lowest BCUT2D eigenvalue weighted by Gasteiger charge is -2.12. The van der Waals surface area contributed by atoms with Gasteiger partial charge >= 0.3 is 5.97 Å². The molecule has 7 heteroatoms. The highest BCUT2D eigenvalue weighted by atomic mass is 16.5. The number of ketones is 1. The molecule has 1 fully saturated rings. The van der Waals surface area contributed by atoms with E-state index in [2.05, 4.69) is 0 Å². The maximum atomic E-state index is 12.4. The summed E-state index contributed by atoms with van der Waals surface area (Å²) in [5.74, 6) is 0.574. The zero-order chi connectivity index (χ0) is 20.6. The van der Waals surface area contributed by atoms with Gasteiger partial charge in [0.05, 0.1) is 31.5 Å². The Morgan fingerprint density at radius 1 is 1.03 bits per heavy atom. The number of carbonyl (C=O) groups excluding carboxylic acids is 2. The number of esters is 1. The van der Waals surface area contributed by atoms with E-state index in [-0.39, 0.29) is 17.5 Å².